The van der Waals surface area contributed by atoms with Gasteiger partial charge in [0.25, 0.3) is 5.91 Å². The molecule has 3 amide bonds. The van der Waals surface area contributed by atoms with Crippen molar-refractivity contribution in [3.05, 3.63) is 51.1 Å². The standard InChI is InChI=1S/C21H22FN5O6S/c1-13(28)23-11-15-12-26(21(30)33-15)14-2-3-17(16(22)10-14)24-6-8-25(9-7-24)20(29)18-4-5-19(34-18)27(31)32/h2-5,10,15H,6-9,11-12H2,1H3,(H,23,28)/t15-/m0/s1. The first-order chi connectivity index (χ1) is 16.2. The summed E-state index contributed by atoms with van der Waals surface area (Å²) in [5, 5.41) is 13.3. The summed E-state index contributed by atoms with van der Waals surface area (Å²) in [4.78, 5) is 51.2. The van der Waals surface area contributed by atoms with E-state index in [9.17, 15) is 28.9 Å². The molecule has 11 nitrogen and oxygen atoms in total. The van der Waals surface area contributed by atoms with E-state index < -0.39 is 22.9 Å². The van der Waals surface area contributed by atoms with Gasteiger partial charge in [-0.3, -0.25) is 24.6 Å². The lowest BCUT2D eigenvalue weighted by Gasteiger charge is -2.36. The molecule has 1 N–H and O–H groups in total. The number of cyclic esters (lactones) is 1. The molecular formula is C21H22FN5O6S. The fourth-order valence-corrected chi connectivity index (χ4v) is 4.65. The van der Waals surface area contributed by atoms with Crippen LogP contribution >= 0.6 is 11.3 Å². The molecular weight excluding hydrogens is 469 g/mol. The highest BCUT2D eigenvalue weighted by atomic mass is 32.1. The highest BCUT2D eigenvalue weighted by Gasteiger charge is 2.33. The Bertz CT molecular complexity index is 1130. The van der Waals surface area contributed by atoms with Gasteiger partial charge >= 0.3 is 11.1 Å². The first-order valence-corrected chi connectivity index (χ1v) is 11.3. The lowest BCUT2D eigenvalue weighted by atomic mass is 10.2. The van der Waals surface area contributed by atoms with E-state index in [0.717, 1.165) is 11.3 Å². The minimum Gasteiger partial charge on any atom is -0.442 e. The molecule has 1 atom stereocenters. The third-order valence-corrected chi connectivity index (χ3v) is 6.61. The zero-order valence-electron chi connectivity index (χ0n) is 18.2. The molecule has 4 rings (SSSR count). The van der Waals surface area contributed by atoms with Crippen molar-refractivity contribution in [3.8, 4) is 0 Å². The summed E-state index contributed by atoms with van der Waals surface area (Å²) in [5.74, 6) is -1.03. The van der Waals surface area contributed by atoms with Crippen molar-refractivity contribution in [2.24, 2.45) is 0 Å². The van der Waals surface area contributed by atoms with Gasteiger partial charge in [0.05, 0.1) is 34.3 Å². The summed E-state index contributed by atoms with van der Waals surface area (Å²) in [7, 11) is 0. The van der Waals surface area contributed by atoms with Crippen molar-refractivity contribution in [1.82, 2.24) is 10.2 Å². The van der Waals surface area contributed by atoms with Crippen LogP contribution in [0.2, 0.25) is 0 Å². The molecule has 0 unspecified atom stereocenters. The molecule has 0 bridgehead atoms. The summed E-state index contributed by atoms with van der Waals surface area (Å²) >= 11 is 0.834. The Morgan fingerprint density at radius 3 is 2.59 bits per heavy atom. The number of amides is 3. The van der Waals surface area contributed by atoms with E-state index in [1.807, 2.05) is 4.90 Å². The van der Waals surface area contributed by atoms with Crippen LogP contribution in [-0.2, 0) is 9.53 Å². The number of nitro groups is 1. The Labute approximate surface area is 197 Å². The van der Waals surface area contributed by atoms with Crippen LogP contribution < -0.4 is 15.1 Å². The highest BCUT2D eigenvalue weighted by molar-refractivity contribution is 7.17. The molecule has 0 saturated carbocycles. The SMILES string of the molecule is CC(=O)NC[C@H]1CN(c2ccc(N3CCN(C(=O)c4ccc([N+](=O)[O-])s4)CC3)c(F)c2)C(=O)O1. The van der Waals surface area contributed by atoms with Crippen LogP contribution in [0.3, 0.4) is 0 Å². The summed E-state index contributed by atoms with van der Waals surface area (Å²) < 4.78 is 20.2. The lowest BCUT2D eigenvalue weighted by Crippen LogP contribution is -2.48. The Morgan fingerprint density at radius 1 is 1.24 bits per heavy atom. The van der Waals surface area contributed by atoms with Crippen LogP contribution in [0.25, 0.3) is 0 Å². The van der Waals surface area contributed by atoms with Gasteiger partial charge in [-0.2, -0.15) is 0 Å². The molecule has 13 heteroatoms. The van der Waals surface area contributed by atoms with Gasteiger partial charge in [-0.05, 0) is 24.3 Å². The summed E-state index contributed by atoms with van der Waals surface area (Å²) in [5.41, 5.74) is 0.703. The number of carbonyl (C=O) groups excluding carboxylic acids is 3. The van der Waals surface area contributed by atoms with E-state index in [1.165, 1.54) is 30.0 Å². The van der Waals surface area contributed by atoms with E-state index in [4.69, 9.17) is 4.74 Å². The maximum absolute atomic E-state index is 14.9. The summed E-state index contributed by atoms with van der Waals surface area (Å²) in [6.07, 6.45) is -1.13. The second-order valence-electron chi connectivity index (χ2n) is 7.86. The fourth-order valence-electron chi connectivity index (χ4n) is 3.86. The molecule has 2 aliphatic rings. The van der Waals surface area contributed by atoms with Crippen LogP contribution in [0.5, 0.6) is 0 Å². The van der Waals surface area contributed by atoms with Crippen molar-refractivity contribution >= 4 is 45.6 Å². The van der Waals surface area contributed by atoms with Crippen molar-refractivity contribution in [2.75, 3.05) is 49.1 Å². The van der Waals surface area contributed by atoms with E-state index in [-0.39, 0.29) is 29.9 Å². The second kappa shape index (κ2) is 9.63. The number of hydrogen-bond donors (Lipinski definition) is 1. The zero-order chi connectivity index (χ0) is 24.4. The van der Waals surface area contributed by atoms with Crippen molar-refractivity contribution in [3.63, 3.8) is 0 Å². The first kappa shape index (κ1) is 23.4. The van der Waals surface area contributed by atoms with Gasteiger partial charge in [0.1, 0.15) is 11.9 Å². The van der Waals surface area contributed by atoms with Gasteiger partial charge in [-0.25, -0.2) is 9.18 Å². The van der Waals surface area contributed by atoms with Crippen molar-refractivity contribution in [1.29, 1.82) is 0 Å². The predicted molar refractivity (Wildman–Crippen MR) is 122 cm³/mol. The molecule has 180 valence electrons. The largest absolute Gasteiger partial charge is 0.442 e. The number of nitrogens with one attached hydrogen (secondary N) is 1. The summed E-state index contributed by atoms with van der Waals surface area (Å²) in [6.45, 7) is 3.20. The van der Waals surface area contributed by atoms with E-state index in [2.05, 4.69) is 5.32 Å². The lowest BCUT2D eigenvalue weighted by molar-refractivity contribution is -0.380. The number of thiophene rings is 1. The van der Waals surface area contributed by atoms with Gasteiger partial charge in [-0.1, -0.05) is 11.3 Å². The molecule has 2 aliphatic heterocycles. The van der Waals surface area contributed by atoms with Crippen LogP contribution in [0.1, 0.15) is 16.6 Å². The van der Waals surface area contributed by atoms with Crippen LogP contribution in [0.15, 0.2) is 30.3 Å². The van der Waals surface area contributed by atoms with Crippen LogP contribution in [0.4, 0.5) is 25.6 Å². The van der Waals surface area contributed by atoms with E-state index in [0.29, 0.717) is 42.4 Å². The van der Waals surface area contributed by atoms with Gasteiger partial charge in [0.15, 0.2) is 0 Å². The number of nitrogens with zero attached hydrogens (tertiary/aromatic N) is 4. The normalized spacial score (nSPS) is 18.1. The van der Waals surface area contributed by atoms with Crippen LogP contribution in [0, 0.1) is 15.9 Å². The predicted octanol–water partition coefficient (Wildman–Crippen LogP) is 2.22. The van der Waals surface area contributed by atoms with Gasteiger partial charge in [0.2, 0.25) is 5.91 Å². The third kappa shape index (κ3) is 4.93. The minimum atomic E-state index is -0.608. The average molecular weight is 492 g/mol. The smallest absolute Gasteiger partial charge is 0.414 e. The fraction of sp³-hybridized carbons (Fsp3) is 0.381. The van der Waals surface area contributed by atoms with Gasteiger partial charge < -0.3 is 19.9 Å². The molecule has 34 heavy (non-hydrogen) atoms. The number of carbonyl (C=O) groups is 3. The highest BCUT2D eigenvalue weighted by Crippen LogP contribution is 2.29. The number of benzene rings is 1. The Hall–Kier alpha value is -3.74. The van der Waals surface area contributed by atoms with Crippen molar-refractivity contribution < 1.29 is 28.4 Å². The molecule has 0 aliphatic carbocycles. The maximum Gasteiger partial charge on any atom is 0.414 e. The topological polar surface area (TPSA) is 125 Å². The second-order valence-corrected chi connectivity index (χ2v) is 8.93. The molecule has 2 saturated heterocycles. The summed E-state index contributed by atoms with van der Waals surface area (Å²) in [6, 6.07) is 7.23. The molecule has 2 aromatic rings. The first-order valence-electron chi connectivity index (χ1n) is 10.5. The number of anilines is 2. The number of halogens is 1. The van der Waals surface area contributed by atoms with Gasteiger partial charge in [0, 0.05) is 39.2 Å². The molecule has 3 heterocycles. The Morgan fingerprint density at radius 2 is 1.97 bits per heavy atom. The Balaban J connectivity index is 1.36. The monoisotopic (exact) mass is 491 g/mol. The molecule has 2 fully saturated rings. The third-order valence-electron chi connectivity index (χ3n) is 5.59. The number of piperazine rings is 1. The van der Waals surface area contributed by atoms with E-state index >= 15 is 0 Å². The van der Waals surface area contributed by atoms with Crippen LogP contribution in [-0.4, -0.2) is 73.1 Å². The van der Waals surface area contributed by atoms with Crippen molar-refractivity contribution in [2.45, 2.75) is 13.0 Å². The number of rotatable bonds is 6. The molecule has 0 radical (unpaired) electrons. The zero-order valence-corrected chi connectivity index (χ0v) is 19.0. The van der Waals surface area contributed by atoms with E-state index in [1.54, 1.807) is 17.0 Å². The Kier molecular flexibility index (Phi) is 6.63. The van der Waals surface area contributed by atoms with Gasteiger partial charge in [-0.15, -0.1) is 0 Å². The molecule has 1 aromatic carbocycles. The average Bonchev–Trinajstić information content (AvgIpc) is 3.44. The maximum atomic E-state index is 14.9. The number of hydrogen-bond acceptors (Lipinski definition) is 8. The number of ether oxygens (including phenoxy) is 1. The molecule has 1 aromatic heterocycles. The quantitative estimate of drug-likeness (QED) is 0.485. The minimum absolute atomic E-state index is 0.0903. The molecule has 0 spiro atoms.